The van der Waals surface area contributed by atoms with Crippen LogP contribution in [0.15, 0.2) is 6.20 Å². The molecule has 0 fully saturated rings. The highest BCUT2D eigenvalue weighted by molar-refractivity contribution is 5.97. The molecule has 0 aliphatic carbocycles. The fraction of sp³-hybridized carbons (Fsp3) is 0.500. The van der Waals surface area contributed by atoms with E-state index in [1.807, 2.05) is 0 Å². The fourth-order valence-electron chi connectivity index (χ4n) is 1.44. The molecule has 1 heterocycles. The van der Waals surface area contributed by atoms with Gasteiger partial charge < -0.3 is 15.5 Å². The second-order valence-corrected chi connectivity index (χ2v) is 3.68. The van der Waals surface area contributed by atoms with Crippen LogP contribution in [0.4, 0.5) is 0 Å². The highest BCUT2D eigenvalue weighted by Gasteiger charge is 2.21. The molecule has 0 aliphatic rings. The van der Waals surface area contributed by atoms with Gasteiger partial charge >= 0.3 is 5.97 Å². The van der Waals surface area contributed by atoms with Crippen LogP contribution in [0.25, 0.3) is 0 Å². The summed E-state index contributed by atoms with van der Waals surface area (Å²) < 4.78 is 1.48. The van der Waals surface area contributed by atoms with E-state index in [2.05, 4.69) is 10.4 Å². The zero-order valence-corrected chi connectivity index (χ0v) is 9.67. The number of carboxylic acid groups (broad SMARTS) is 1. The number of aromatic nitrogens is 2. The van der Waals surface area contributed by atoms with Gasteiger partial charge in [0.2, 0.25) is 0 Å². The third-order valence-corrected chi connectivity index (χ3v) is 2.28. The maximum Gasteiger partial charge on any atom is 0.326 e. The molecule has 0 bridgehead atoms. The van der Waals surface area contributed by atoms with E-state index in [1.165, 1.54) is 10.9 Å². The number of carbonyl (C=O) groups excluding carboxylic acids is 1. The molecule has 3 N–H and O–H groups in total. The van der Waals surface area contributed by atoms with Crippen molar-refractivity contribution in [1.29, 1.82) is 0 Å². The molecule has 7 heteroatoms. The number of aliphatic hydroxyl groups excluding tert-OH is 1. The van der Waals surface area contributed by atoms with Gasteiger partial charge in [-0.2, -0.15) is 5.10 Å². The number of rotatable bonds is 5. The topological polar surface area (TPSA) is 104 Å². The molecule has 0 aromatic carbocycles. The predicted molar refractivity (Wildman–Crippen MR) is 58.5 cm³/mol. The van der Waals surface area contributed by atoms with Crippen LogP contribution in [0.5, 0.6) is 0 Å². The first kappa shape index (κ1) is 13.2. The molecule has 1 atom stereocenters. The molecule has 17 heavy (non-hydrogen) atoms. The molecule has 1 aromatic rings. The van der Waals surface area contributed by atoms with Gasteiger partial charge in [0.25, 0.3) is 5.91 Å². The number of aryl methyl sites for hydroxylation is 2. The number of amides is 1. The minimum absolute atomic E-state index is 0.0274. The van der Waals surface area contributed by atoms with Crippen LogP contribution >= 0.6 is 0 Å². The highest BCUT2D eigenvalue weighted by atomic mass is 16.4. The van der Waals surface area contributed by atoms with Crippen molar-refractivity contribution >= 4 is 11.9 Å². The van der Waals surface area contributed by atoms with Gasteiger partial charge in [0.15, 0.2) is 0 Å². The summed E-state index contributed by atoms with van der Waals surface area (Å²) in [5.41, 5.74) is 0.856. The normalized spacial score (nSPS) is 12.2. The third-order valence-electron chi connectivity index (χ3n) is 2.28. The Balaban J connectivity index is 2.77. The summed E-state index contributed by atoms with van der Waals surface area (Å²) in [5.74, 6) is -1.68. The molecule has 1 aromatic heterocycles. The Labute approximate surface area is 98.1 Å². The molecule has 94 valence electrons. The average Bonchev–Trinajstić information content (AvgIpc) is 2.57. The van der Waals surface area contributed by atoms with Crippen LogP contribution in [0.3, 0.4) is 0 Å². The van der Waals surface area contributed by atoms with Gasteiger partial charge in [-0.25, -0.2) is 4.79 Å². The van der Waals surface area contributed by atoms with E-state index in [-0.39, 0.29) is 13.0 Å². The molecule has 0 unspecified atom stereocenters. The molecule has 0 aliphatic heterocycles. The number of hydrogen-bond donors (Lipinski definition) is 3. The molecule has 0 spiro atoms. The molecular weight excluding hydrogens is 226 g/mol. The van der Waals surface area contributed by atoms with Crippen LogP contribution in [0, 0.1) is 6.92 Å². The van der Waals surface area contributed by atoms with E-state index >= 15 is 0 Å². The van der Waals surface area contributed by atoms with E-state index < -0.39 is 17.9 Å². The Morgan fingerprint density at radius 1 is 1.59 bits per heavy atom. The lowest BCUT2D eigenvalue weighted by atomic mass is 10.2. The average molecular weight is 241 g/mol. The fourth-order valence-corrected chi connectivity index (χ4v) is 1.44. The van der Waals surface area contributed by atoms with Crippen molar-refractivity contribution in [1.82, 2.24) is 15.1 Å². The summed E-state index contributed by atoms with van der Waals surface area (Å²) in [6.45, 7) is 1.36. The Bertz CT molecular complexity index is 427. The Hall–Kier alpha value is -1.89. The van der Waals surface area contributed by atoms with Gasteiger partial charge in [0.1, 0.15) is 6.04 Å². The van der Waals surface area contributed by atoms with Crippen LogP contribution in [-0.2, 0) is 11.8 Å². The Morgan fingerprint density at radius 2 is 2.24 bits per heavy atom. The summed E-state index contributed by atoms with van der Waals surface area (Å²) in [4.78, 5) is 22.6. The first-order valence-electron chi connectivity index (χ1n) is 5.10. The number of nitrogens with one attached hydrogen (secondary N) is 1. The van der Waals surface area contributed by atoms with Crippen molar-refractivity contribution in [3.63, 3.8) is 0 Å². The molecule has 1 amide bonds. The molecular formula is C10H15N3O4. The summed E-state index contributed by atoms with van der Waals surface area (Å²) in [6.07, 6.45) is 1.49. The van der Waals surface area contributed by atoms with Crippen LogP contribution < -0.4 is 5.32 Å². The molecule has 0 saturated carbocycles. The summed E-state index contributed by atoms with van der Waals surface area (Å²) >= 11 is 0. The number of carboxylic acids is 1. The van der Waals surface area contributed by atoms with E-state index in [9.17, 15) is 9.59 Å². The first-order chi connectivity index (χ1) is 7.95. The summed E-state index contributed by atoms with van der Waals surface area (Å²) in [6, 6.07) is -1.09. The summed E-state index contributed by atoms with van der Waals surface area (Å²) in [7, 11) is 1.67. The van der Waals surface area contributed by atoms with Crippen molar-refractivity contribution in [2.75, 3.05) is 6.61 Å². The third kappa shape index (κ3) is 3.28. The van der Waals surface area contributed by atoms with E-state index in [4.69, 9.17) is 10.2 Å². The van der Waals surface area contributed by atoms with Gasteiger partial charge in [-0.3, -0.25) is 9.48 Å². The minimum Gasteiger partial charge on any atom is -0.480 e. The zero-order chi connectivity index (χ0) is 13.0. The van der Waals surface area contributed by atoms with Gasteiger partial charge in [-0.05, 0) is 6.92 Å². The van der Waals surface area contributed by atoms with Crippen molar-refractivity contribution in [2.45, 2.75) is 19.4 Å². The van der Waals surface area contributed by atoms with Gasteiger partial charge in [0.05, 0.1) is 11.3 Å². The van der Waals surface area contributed by atoms with E-state index in [0.29, 0.717) is 11.3 Å². The van der Waals surface area contributed by atoms with Crippen molar-refractivity contribution < 1.29 is 19.8 Å². The SMILES string of the molecule is Cc1nn(C)cc1C(=O)N[C@H](CCO)C(=O)O. The minimum atomic E-state index is -1.17. The quantitative estimate of drug-likeness (QED) is 0.632. The van der Waals surface area contributed by atoms with Crippen LogP contribution in [0.2, 0.25) is 0 Å². The van der Waals surface area contributed by atoms with E-state index in [0.717, 1.165) is 0 Å². The number of nitrogens with zero attached hydrogens (tertiary/aromatic N) is 2. The number of hydrogen-bond acceptors (Lipinski definition) is 4. The number of aliphatic hydroxyl groups is 1. The maximum atomic E-state index is 11.8. The lowest BCUT2D eigenvalue weighted by Gasteiger charge is -2.12. The van der Waals surface area contributed by atoms with Crippen molar-refractivity contribution in [3.8, 4) is 0 Å². The van der Waals surface area contributed by atoms with Crippen molar-refractivity contribution in [3.05, 3.63) is 17.5 Å². The number of aliphatic carboxylic acids is 1. The first-order valence-corrected chi connectivity index (χ1v) is 5.10. The second kappa shape index (κ2) is 5.44. The molecule has 1 rings (SSSR count). The Kier molecular flexibility index (Phi) is 4.22. The molecule has 0 radical (unpaired) electrons. The smallest absolute Gasteiger partial charge is 0.326 e. The zero-order valence-electron chi connectivity index (χ0n) is 9.67. The highest BCUT2D eigenvalue weighted by Crippen LogP contribution is 2.05. The Morgan fingerprint density at radius 3 is 2.65 bits per heavy atom. The van der Waals surface area contributed by atoms with Crippen LogP contribution in [0.1, 0.15) is 22.5 Å². The lowest BCUT2D eigenvalue weighted by molar-refractivity contribution is -0.139. The van der Waals surface area contributed by atoms with Gasteiger partial charge in [-0.15, -0.1) is 0 Å². The van der Waals surface area contributed by atoms with Gasteiger partial charge in [0, 0.05) is 26.3 Å². The monoisotopic (exact) mass is 241 g/mol. The predicted octanol–water partition coefficient (Wildman–Crippen LogP) is -0.706. The number of carbonyl (C=O) groups is 2. The standard InChI is InChI=1S/C10H15N3O4/c1-6-7(5-13(2)12-6)9(15)11-8(3-4-14)10(16)17/h5,8,14H,3-4H2,1-2H3,(H,11,15)(H,16,17)/t8-/m1/s1. The molecule has 0 saturated heterocycles. The largest absolute Gasteiger partial charge is 0.480 e. The van der Waals surface area contributed by atoms with Gasteiger partial charge in [-0.1, -0.05) is 0 Å². The maximum absolute atomic E-state index is 11.8. The molecule has 7 nitrogen and oxygen atoms in total. The van der Waals surface area contributed by atoms with Crippen molar-refractivity contribution in [2.24, 2.45) is 7.05 Å². The summed E-state index contributed by atoms with van der Waals surface area (Å²) in [5, 5.41) is 23.8. The van der Waals surface area contributed by atoms with Crippen LogP contribution in [-0.4, -0.2) is 44.5 Å². The van der Waals surface area contributed by atoms with E-state index in [1.54, 1.807) is 14.0 Å². The second-order valence-electron chi connectivity index (χ2n) is 3.68. The lowest BCUT2D eigenvalue weighted by Crippen LogP contribution is -2.41.